The average molecular weight is 743 g/mol. The number of phenolic OH excluding ortho intramolecular Hbond substituents is 1. The number of benzene rings is 1. The molecule has 6 rings (SSSR count). The maximum atomic E-state index is 13.7. The molecule has 4 heterocycles. The molecular formula is C37H54N6O6S2. The number of phenols is 1. The van der Waals surface area contributed by atoms with Crippen molar-refractivity contribution in [2.45, 2.75) is 102 Å². The Labute approximate surface area is 309 Å². The molecule has 1 aliphatic carbocycles. The number of aliphatic imine (C=N–C) groups is 1. The van der Waals surface area contributed by atoms with E-state index >= 15 is 0 Å². The number of pyridine rings is 1. The van der Waals surface area contributed by atoms with Gasteiger partial charge in [-0.05, 0) is 86.6 Å². The van der Waals surface area contributed by atoms with Gasteiger partial charge in [-0.25, -0.2) is 9.98 Å². The number of aliphatic hydroxyl groups is 1. The van der Waals surface area contributed by atoms with Crippen molar-refractivity contribution in [3.63, 3.8) is 0 Å². The van der Waals surface area contributed by atoms with Crippen LogP contribution in [0.15, 0.2) is 35.5 Å². The largest absolute Gasteiger partial charge is 0.504 e. The van der Waals surface area contributed by atoms with E-state index in [1.54, 1.807) is 38.8 Å². The van der Waals surface area contributed by atoms with Crippen molar-refractivity contribution in [2.75, 3.05) is 37.6 Å². The number of nitrogens with two attached hydrogens (primary N) is 2. The molecule has 4 atom stereocenters. The summed E-state index contributed by atoms with van der Waals surface area (Å²) in [6, 6.07) is 7.50. The van der Waals surface area contributed by atoms with Crippen LogP contribution in [0.2, 0.25) is 0 Å². The first-order valence-electron chi connectivity index (χ1n) is 18.0. The molecule has 14 heteroatoms. The normalized spacial score (nSPS) is 27.3. The third-order valence-corrected chi connectivity index (χ3v) is 12.8. The summed E-state index contributed by atoms with van der Waals surface area (Å²) in [5.74, 6) is 2.51. The molecule has 4 unspecified atom stereocenters. The van der Waals surface area contributed by atoms with Crippen LogP contribution in [-0.2, 0) is 33.7 Å². The van der Waals surface area contributed by atoms with Gasteiger partial charge in [-0.1, -0.05) is 40.5 Å². The number of guanidine groups is 1. The summed E-state index contributed by atoms with van der Waals surface area (Å²) in [4.78, 5) is 36.5. The zero-order chi connectivity index (χ0) is 36.4. The molecule has 2 aromatic rings. The fourth-order valence-corrected chi connectivity index (χ4v) is 9.81. The third-order valence-electron chi connectivity index (χ3n) is 10.6. The summed E-state index contributed by atoms with van der Waals surface area (Å²) in [5.41, 5.74) is 13.5. The second-order valence-electron chi connectivity index (χ2n) is 14.5. The number of carbonyl (C=O) groups is 2. The number of nitrogens with one attached hydrogen (secondary N) is 1. The highest BCUT2D eigenvalue weighted by molar-refractivity contribution is 8.76. The fraction of sp³-hybridized carbons (Fsp3) is 0.622. The Morgan fingerprint density at radius 3 is 2.75 bits per heavy atom. The number of anilines is 1. The molecule has 4 aliphatic rings. The van der Waals surface area contributed by atoms with Crippen LogP contribution in [0.5, 0.6) is 11.5 Å². The molecular weight excluding hydrogens is 689 g/mol. The second kappa shape index (κ2) is 17.9. The summed E-state index contributed by atoms with van der Waals surface area (Å²) in [6.45, 7) is 2.65. The van der Waals surface area contributed by atoms with Crippen molar-refractivity contribution in [2.24, 2.45) is 22.1 Å². The maximum absolute atomic E-state index is 13.7. The van der Waals surface area contributed by atoms with Crippen LogP contribution in [-0.4, -0.2) is 81.5 Å². The highest BCUT2D eigenvalue weighted by atomic mass is 33.1. The van der Waals surface area contributed by atoms with Gasteiger partial charge in [0.05, 0.1) is 19.1 Å². The van der Waals surface area contributed by atoms with Crippen LogP contribution in [0.25, 0.3) is 0 Å². The van der Waals surface area contributed by atoms with E-state index in [0.29, 0.717) is 87.0 Å². The average Bonchev–Trinajstić information content (AvgIpc) is 3.38. The molecule has 3 aliphatic heterocycles. The number of methoxy groups -OCH3 is 1. The first kappa shape index (κ1) is 38.9. The van der Waals surface area contributed by atoms with Gasteiger partial charge < -0.3 is 41.4 Å². The third kappa shape index (κ3) is 10.8. The Kier molecular flexibility index (Phi) is 13.7. The Morgan fingerprint density at radius 1 is 1.14 bits per heavy atom. The van der Waals surface area contributed by atoms with Gasteiger partial charge >= 0.3 is 5.97 Å². The molecule has 7 N–H and O–H groups in total. The standard InChI is InChI=1S/C37H54N6O6S2/c1-25(44)49-37-10-7-26-16-29(34(47)31(17-26)48-2)22-43-23-36(21-33(43)46,19-27-9-13-40-32(38)18-27)12-14-41-35(39)42-24-51-50-15-5-3-4-6-28(8-11-37)30(45)20-37/h9,13,16-18,28,30,45,47H,3-8,10-12,14-15,19-24H2,1-2H3,(H2,38,40)(H3,39,41,42). The van der Waals surface area contributed by atoms with Crippen molar-refractivity contribution in [3.05, 3.63) is 47.2 Å². The Bertz CT molecular complexity index is 1550. The van der Waals surface area contributed by atoms with Gasteiger partial charge in [0.15, 0.2) is 17.5 Å². The number of nitrogen functional groups attached to an aromatic ring is 1. The van der Waals surface area contributed by atoms with E-state index in [1.807, 2.05) is 18.2 Å². The summed E-state index contributed by atoms with van der Waals surface area (Å²) in [5, 5.41) is 25.8. The van der Waals surface area contributed by atoms with Gasteiger partial charge in [-0.3, -0.25) is 9.59 Å². The van der Waals surface area contributed by atoms with Gasteiger partial charge in [0, 0.05) is 62.3 Å². The van der Waals surface area contributed by atoms with Crippen molar-refractivity contribution in [1.29, 1.82) is 0 Å². The number of esters is 1. The van der Waals surface area contributed by atoms with Crippen LogP contribution in [0, 0.1) is 11.3 Å². The van der Waals surface area contributed by atoms with E-state index in [4.69, 9.17) is 20.9 Å². The van der Waals surface area contributed by atoms with E-state index in [-0.39, 0.29) is 30.1 Å². The lowest BCUT2D eigenvalue weighted by atomic mass is 9.72. The van der Waals surface area contributed by atoms with Gasteiger partial charge in [0.25, 0.3) is 0 Å². The zero-order valence-electron chi connectivity index (χ0n) is 29.9. The predicted molar refractivity (Wildman–Crippen MR) is 203 cm³/mol. The Balaban J connectivity index is 1.41. The number of carbonyl (C=O) groups excluding carboxylic acids is 2. The number of fused-ring (bicyclic) bond motifs is 14. The number of aromatic hydroxyl groups is 1. The molecule has 6 bridgehead atoms. The SMILES string of the molecule is COc1cc2cc(c1O)CN1CC(Cc3ccnc(N)c3)(CCNC(N)=NCSSCCCCCC3CCC(OC(C)=O)(CC2)CC3O)CC1=O. The summed E-state index contributed by atoms with van der Waals surface area (Å²) in [6.07, 6.45) is 9.88. The van der Waals surface area contributed by atoms with Crippen molar-refractivity contribution < 1.29 is 29.3 Å². The van der Waals surface area contributed by atoms with Crippen LogP contribution in [0.3, 0.4) is 0 Å². The molecule has 1 saturated carbocycles. The van der Waals surface area contributed by atoms with E-state index in [1.165, 1.54) is 14.0 Å². The van der Waals surface area contributed by atoms with Crippen LogP contribution >= 0.6 is 21.6 Å². The van der Waals surface area contributed by atoms with Gasteiger partial charge in [-0.2, -0.15) is 0 Å². The lowest BCUT2D eigenvalue weighted by molar-refractivity contribution is -0.168. The van der Waals surface area contributed by atoms with E-state index < -0.39 is 17.1 Å². The van der Waals surface area contributed by atoms with Crippen LogP contribution < -0.4 is 21.5 Å². The molecule has 1 aromatic heterocycles. The molecule has 12 nitrogen and oxygen atoms in total. The number of aliphatic hydroxyl groups excluding tert-OH is 1. The molecule has 0 spiro atoms. The number of aryl methyl sites for hydroxylation is 1. The molecule has 51 heavy (non-hydrogen) atoms. The molecule has 0 radical (unpaired) electrons. The molecule has 280 valence electrons. The lowest BCUT2D eigenvalue weighted by Crippen LogP contribution is -2.45. The molecule has 1 amide bonds. The molecule has 1 saturated heterocycles. The Hall–Kier alpha value is -3.36. The second-order valence-corrected chi connectivity index (χ2v) is 17.0. The number of ether oxygens (including phenoxy) is 2. The predicted octanol–water partition coefficient (Wildman–Crippen LogP) is 4.94. The molecule has 2 fully saturated rings. The number of rotatable bonds is 4. The summed E-state index contributed by atoms with van der Waals surface area (Å²) >= 11 is 0. The number of nitrogens with zero attached hydrogens (tertiary/aromatic N) is 3. The van der Waals surface area contributed by atoms with Gasteiger partial charge in [-0.15, -0.1) is 0 Å². The fourth-order valence-electron chi connectivity index (χ4n) is 8.02. The van der Waals surface area contributed by atoms with Gasteiger partial charge in [0.1, 0.15) is 11.4 Å². The molecule has 1 aromatic carbocycles. The minimum atomic E-state index is -0.771. The highest BCUT2D eigenvalue weighted by Gasteiger charge is 2.44. The van der Waals surface area contributed by atoms with E-state index in [2.05, 4.69) is 15.3 Å². The van der Waals surface area contributed by atoms with Crippen LogP contribution in [0.4, 0.5) is 5.82 Å². The maximum Gasteiger partial charge on any atom is 0.303 e. The first-order chi connectivity index (χ1) is 24.5. The summed E-state index contributed by atoms with van der Waals surface area (Å²) < 4.78 is 11.6. The minimum Gasteiger partial charge on any atom is -0.504 e. The van der Waals surface area contributed by atoms with Crippen molar-refractivity contribution in [3.8, 4) is 11.5 Å². The summed E-state index contributed by atoms with van der Waals surface area (Å²) in [7, 11) is 4.97. The Morgan fingerprint density at radius 2 is 1.98 bits per heavy atom. The highest BCUT2D eigenvalue weighted by Crippen LogP contribution is 2.43. The first-order valence-corrected chi connectivity index (χ1v) is 20.5. The van der Waals surface area contributed by atoms with Crippen molar-refractivity contribution in [1.82, 2.24) is 15.2 Å². The minimum absolute atomic E-state index is 0.00562. The number of hydrogen-bond acceptors (Lipinski definition) is 13. The van der Waals surface area contributed by atoms with E-state index in [9.17, 15) is 19.8 Å². The smallest absolute Gasteiger partial charge is 0.303 e. The quantitative estimate of drug-likeness (QED) is 0.210. The number of aromatic nitrogens is 1. The monoisotopic (exact) mass is 742 g/mol. The number of hydrogen-bond donors (Lipinski definition) is 5. The van der Waals surface area contributed by atoms with Crippen LogP contribution in [0.1, 0.15) is 87.8 Å². The van der Waals surface area contributed by atoms with Gasteiger partial charge in [0.2, 0.25) is 5.91 Å². The number of amides is 1. The lowest BCUT2D eigenvalue weighted by Gasteiger charge is -2.42. The topological polar surface area (TPSA) is 186 Å². The zero-order valence-corrected chi connectivity index (χ0v) is 31.5. The van der Waals surface area contributed by atoms with Crippen molar-refractivity contribution >= 4 is 45.2 Å². The van der Waals surface area contributed by atoms with E-state index in [0.717, 1.165) is 49.0 Å².